The van der Waals surface area contributed by atoms with Crippen LogP contribution in [0.3, 0.4) is 0 Å². The maximum atomic E-state index is 12.5. The number of carbonyl (C=O) groups excluding carboxylic acids is 1. The topological polar surface area (TPSA) is 81.5 Å². The number of nitrogens with zero attached hydrogens (tertiary/aromatic N) is 1. The van der Waals surface area contributed by atoms with Gasteiger partial charge in [0.25, 0.3) is 11.6 Å². The van der Waals surface area contributed by atoms with Crippen LogP contribution < -0.4 is 10.1 Å². The maximum absolute atomic E-state index is 12.5. The third kappa shape index (κ3) is 4.56. The van der Waals surface area contributed by atoms with E-state index >= 15 is 0 Å². The van der Waals surface area contributed by atoms with E-state index in [1.165, 1.54) is 11.6 Å². The molecule has 6 nitrogen and oxygen atoms in total. The number of ether oxygens (including phenoxy) is 1. The molecule has 0 radical (unpaired) electrons. The second-order valence-corrected chi connectivity index (χ2v) is 5.71. The number of anilines is 1. The number of nitro benzene ring substituents is 1. The number of amides is 1. The van der Waals surface area contributed by atoms with E-state index in [1.54, 1.807) is 19.1 Å². The summed E-state index contributed by atoms with van der Waals surface area (Å²) < 4.78 is 5.77. The molecule has 0 heterocycles. The molecule has 2 rings (SSSR count). The van der Waals surface area contributed by atoms with Crippen LogP contribution in [0.1, 0.15) is 31.4 Å². The number of rotatable bonds is 7. The Kier molecular flexibility index (Phi) is 6.11. The third-order valence-corrected chi connectivity index (χ3v) is 4.03. The number of hydrogen-bond donors (Lipinski definition) is 1. The summed E-state index contributed by atoms with van der Waals surface area (Å²) in [6.45, 7) is 5.53. The first-order valence-corrected chi connectivity index (χ1v) is 8.26. The summed E-state index contributed by atoms with van der Waals surface area (Å²) in [7, 11) is 0. The summed E-state index contributed by atoms with van der Waals surface area (Å²) in [5.41, 5.74) is 2.00. The molecule has 0 aliphatic rings. The zero-order chi connectivity index (χ0) is 18.4. The molecule has 132 valence electrons. The largest absolute Gasteiger partial charge is 0.481 e. The lowest BCUT2D eigenvalue weighted by atomic mass is 10.1. The van der Waals surface area contributed by atoms with Crippen LogP contribution in [0, 0.1) is 17.0 Å². The second-order valence-electron chi connectivity index (χ2n) is 5.71. The van der Waals surface area contributed by atoms with Crippen molar-refractivity contribution in [3.63, 3.8) is 0 Å². The number of nitrogens with one attached hydrogen (secondary N) is 1. The average molecular weight is 342 g/mol. The van der Waals surface area contributed by atoms with E-state index in [0.29, 0.717) is 23.4 Å². The minimum Gasteiger partial charge on any atom is -0.481 e. The van der Waals surface area contributed by atoms with Crippen molar-refractivity contribution < 1.29 is 14.5 Å². The van der Waals surface area contributed by atoms with Crippen LogP contribution in [0.4, 0.5) is 11.4 Å². The lowest BCUT2D eigenvalue weighted by Crippen LogP contribution is -2.32. The molecule has 0 aliphatic carbocycles. The smallest absolute Gasteiger partial charge is 0.274 e. The van der Waals surface area contributed by atoms with Crippen molar-refractivity contribution in [1.82, 2.24) is 0 Å². The molecule has 1 atom stereocenters. The normalized spacial score (nSPS) is 11.6. The highest BCUT2D eigenvalue weighted by molar-refractivity contribution is 5.95. The number of aryl methyl sites for hydroxylation is 1. The van der Waals surface area contributed by atoms with Crippen LogP contribution >= 0.6 is 0 Å². The molecule has 0 unspecified atom stereocenters. The van der Waals surface area contributed by atoms with E-state index < -0.39 is 11.0 Å². The van der Waals surface area contributed by atoms with Gasteiger partial charge in [-0.1, -0.05) is 32.0 Å². The number of hydrogen-bond acceptors (Lipinski definition) is 4. The van der Waals surface area contributed by atoms with Gasteiger partial charge in [0.2, 0.25) is 0 Å². The Morgan fingerprint density at radius 1 is 1.20 bits per heavy atom. The SMILES string of the molecule is CCc1ccc(O[C@@H](CC)C(=O)Nc2cccc([N+](=O)[O-])c2C)cc1. The first-order chi connectivity index (χ1) is 12.0. The van der Waals surface area contributed by atoms with E-state index in [9.17, 15) is 14.9 Å². The number of carbonyl (C=O) groups is 1. The van der Waals surface area contributed by atoms with Crippen molar-refractivity contribution in [3.8, 4) is 5.75 Å². The first kappa shape index (κ1) is 18.4. The van der Waals surface area contributed by atoms with Crippen LogP contribution in [0.25, 0.3) is 0 Å². The lowest BCUT2D eigenvalue weighted by molar-refractivity contribution is -0.385. The summed E-state index contributed by atoms with van der Waals surface area (Å²) in [4.78, 5) is 23.0. The second kappa shape index (κ2) is 8.28. The standard InChI is InChI=1S/C19H22N2O4/c1-4-14-9-11-15(12-10-14)25-18(5-2)19(22)20-16-7-6-8-17(13(16)3)21(23)24/h6-12,18H,4-5H2,1-3H3,(H,20,22)/t18-/m0/s1. The molecule has 0 saturated carbocycles. The monoisotopic (exact) mass is 342 g/mol. The minimum absolute atomic E-state index is 0.0260. The molecule has 6 heteroatoms. The van der Waals surface area contributed by atoms with Gasteiger partial charge in [-0.05, 0) is 43.5 Å². The zero-order valence-electron chi connectivity index (χ0n) is 14.6. The van der Waals surface area contributed by atoms with E-state index in [-0.39, 0.29) is 11.6 Å². The molecule has 0 aliphatic heterocycles. The van der Waals surface area contributed by atoms with Gasteiger partial charge >= 0.3 is 0 Å². The molecule has 0 spiro atoms. The fourth-order valence-electron chi connectivity index (χ4n) is 2.46. The Bertz CT molecular complexity index is 757. The summed E-state index contributed by atoms with van der Waals surface area (Å²) in [5, 5.41) is 13.7. The fraction of sp³-hybridized carbons (Fsp3) is 0.316. The summed E-state index contributed by atoms with van der Waals surface area (Å²) >= 11 is 0. The van der Waals surface area contributed by atoms with Crippen LogP contribution in [-0.2, 0) is 11.2 Å². The summed E-state index contributed by atoms with van der Waals surface area (Å²) in [6.07, 6.45) is 0.741. The van der Waals surface area contributed by atoms with E-state index in [2.05, 4.69) is 12.2 Å². The van der Waals surface area contributed by atoms with E-state index in [4.69, 9.17) is 4.74 Å². The molecule has 2 aromatic rings. The first-order valence-electron chi connectivity index (χ1n) is 8.26. The van der Waals surface area contributed by atoms with Crippen LogP contribution in [0.2, 0.25) is 0 Å². The maximum Gasteiger partial charge on any atom is 0.274 e. The van der Waals surface area contributed by atoms with Crippen LogP contribution in [0.15, 0.2) is 42.5 Å². The molecule has 1 N–H and O–H groups in total. The average Bonchev–Trinajstić information content (AvgIpc) is 2.61. The van der Waals surface area contributed by atoms with Gasteiger partial charge in [-0.25, -0.2) is 0 Å². The van der Waals surface area contributed by atoms with Crippen LogP contribution in [0.5, 0.6) is 5.75 Å². The van der Waals surface area contributed by atoms with Gasteiger partial charge in [0.15, 0.2) is 6.10 Å². The number of benzene rings is 2. The zero-order valence-corrected chi connectivity index (χ0v) is 14.6. The van der Waals surface area contributed by atoms with Gasteiger partial charge in [0.05, 0.1) is 16.2 Å². The highest BCUT2D eigenvalue weighted by Gasteiger charge is 2.21. The van der Waals surface area contributed by atoms with Gasteiger partial charge in [0.1, 0.15) is 5.75 Å². The quantitative estimate of drug-likeness (QED) is 0.602. The minimum atomic E-state index is -0.675. The van der Waals surface area contributed by atoms with E-state index in [1.807, 2.05) is 31.2 Å². The third-order valence-electron chi connectivity index (χ3n) is 4.03. The Morgan fingerprint density at radius 3 is 2.44 bits per heavy atom. The fourth-order valence-corrected chi connectivity index (χ4v) is 2.46. The summed E-state index contributed by atoms with van der Waals surface area (Å²) in [6, 6.07) is 12.2. The van der Waals surface area contributed by atoms with Gasteiger partial charge < -0.3 is 10.1 Å². The molecule has 0 aromatic heterocycles. The number of nitro groups is 1. The molecule has 25 heavy (non-hydrogen) atoms. The molecular formula is C19H22N2O4. The Labute approximate surface area is 147 Å². The van der Waals surface area contributed by atoms with Crippen molar-refractivity contribution in [1.29, 1.82) is 0 Å². The van der Waals surface area contributed by atoms with Crippen molar-refractivity contribution in [2.75, 3.05) is 5.32 Å². The van der Waals surface area contributed by atoms with Gasteiger partial charge in [0, 0.05) is 6.07 Å². The predicted molar refractivity (Wildman–Crippen MR) is 97.0 cm³/mol. The lowest BCUT2D eigenvalue weighted by Gasteiger charge is -2.18. The Morgan fingerprint density at radius 2 is 1.88 bits per heavy atom. The van der Waals surface area contributed by atoms with Crippen molar-refractivity contribution in [2.24, 2.45) is 0 Å². The molecule has 1 amide bonds. The van der Waals surface area contributed by atoms with Gasteiger partial charge in [-0.15, -0.1) is 0 Å². The predicted octanol–water partition coefficient (Wildman–Crippen LogP) is 4.26. The van der Waals surface area contributed by atoms with Crippen LogP contribution in [-0.4, -0.2) is 16.9 Å². The van der Waals surface area contributed by atoms with E-state index in [0.717, 1.165) is 6.42 Å². The molecule has 0 bridgehead atoms. The highest BCUT2D eigenvalue weighted by atomic mass is 16.6. The molecule has 2 aromatic carbocycles. The Hall–Kier alpha value is -2.89. The summed E-state index contributed by atoms with van der Waals surface area (Å²) in [5.74, 6) is 0.292. The van der Waals surface area contributed by atoms with Gasteiger partial charge in [-0.2, -0.15) is 0 Å². The van der Waals surface area contributed by atoms with Crippen molar-refractivity contribution in [2.45, 2.75) is 39.7 Å². The molecule has 0 saturated heterocycles. The Balaban J connectivity index is 2.12. The highest BCUT2D eigenvalue weighted by Crippen LogP contribution is 2.25. The molecular weight excluding hydrogens is 320 g/mol. The van der Waals surface area contributed by atoms with Crippen molar-refractivity contribution >= 4 is 17.3 Å². The van der Waals surface area contributed by atoms with Gasteiger partial charge in [-0.3, -0.25) is 14.9 Å². The van der Waals surface area contributed by atoms with Crippen molar-refractivity contribution in [3.05, 3.63) is 63.7 Å². The molecule has 0 fully saturated rings.